The fourth-order valence-electron chi connectivity index (χ4n) is 2.58. The van der Waals surface area contributed by atoms with Crippen LogP contribution >= 0.6 is 11.6 Å². The van der Waals surface area contributed by atoms with E-state index in [1.54, 1.807) is 18.7 Å². The molecule has 0 saturated heterocycles. The number of hydrogen-bond acceptors (Lipinski definition) is 3. The van der Waals surface area contributed by atoms with Crippen LogP contribution < -0.4 is 5.32 Å². The van der Waals surface area contributed by atoms with E-state index in [1.165, 1.54) is 4.90 Å². The number of carbonyl (C=O) groups is 2. The van der Waals surface area contributed by atoms with Crippen molar-refractivity contribution in [1.82, 2.24) is 14.7 Å². The highest BCUT2D eigenvalue weighted by molar-refractivity contribution is 6.33. The van der Waals surface area contributed by atoms with Gasteiger partial charge in [-0.25, -0.2) is 0 Å². The van der Waals surface area contributed by atoms with Gasteiger partial charge < -0.3 is 10.2 Å². The summed E-state index contributed by atoms with van der Waals surface area (Å²) in [5.74, 6) is -0.234. The number of amides is 2. The highest BCUT2D eigenvalue weighted by Gasteiger charge is 2.24. The molecule has 0 atom stereocenters. The maximum atomic E-state index is 12.7. The molecule has 2 aromatic rings. The normalized spacial score (nSPS) is 10.9. The fraction of sp³-hybridized carbons (Fsp3) is 0.421. The third kappa shape index (κ3) is 4.85. The van der Waals surface area contributed by atoms with Gasteiger partial charge in [-0.2, -0.15) is 5.10 Å². The molecule has 0 radical (unpaired) electrons. The summed E-state index contributed by atoms with van der Waals surface area (Å²) in [5.41, 5.74) is 2.71. The van der Waals surface area contributed by atoms with Crippen molar-refractivity contribution in [2.24, 2.45) is 5.92 Å². The number of carbonyl (C=O) groups excluding carboxylic acids is 2. The van der Waals surface area contributed by atoms with E-state index in [0.29, 0.717) is 34.6 Å². The van der Waals surface area contributed by atoms with Crippen LogP contribution in [-0.2, 0) is 11.3 Å². The smallest absolute Gasteiger partial charge is 0.259 e. The van der Waals surface area contributed by atoms with Gasteiger partial charge in [-0.05, 0) is 31.9 Å². The SMILES string of the molecule is Cc1ccc(NC(=O)CN(C)C(=O)c2c(C)nn(CC(C)C)c2Cl)cc1. The predicted molar refractivity (Wildman–Crippen MR) is 104 cm³/mol. The summed E-state index contributed by atoms with van der Waals surface area (Å²) < 4.78 is 1.63. The molecule has 0 aliphatic carbocycles. The molecular formula is C19H25ClN4O2. The van der Waals surface area contributed by atoms with Gasteiger partial charge in [0.05, 0.1) is 17.8 Å². The number of nitrogens with zero attached hydrogens (tertiary/aromatic N) is 3. The Labute approximate surface area is 159 Å². The van der Waals surface area contributed by atoms with Gasteiger partial charge in [-0.3, -0.25) is 14.3 Å². The van der Waals surface area contributed by atoms with Crippen molar-refractivity contribution in [2.75, 3.05) is 18.9 Å². The van der Waals surface area contributed by atoms with Gasteiger partial charge in [0.15, 0.2) is 0 Å². The van der Waals surface area contributed by atoms with Gasteiger partial charge in [0.25, 0.3) is 5.91 Å². The monoisotopic (exact) mass is 376 g/mol. The Morgan fingerprint density at radius 2 is 1.85 bits per heavy atom. The van der Waals surface area contributed by atoms with E-state index in [-0.39, 0.29) is 18.4 Å². The number of halogens is 1. The molecule has 1 N–H and O–H groups in total. The van der Waals surface area contributed by atoms with Crippen molar-refractivity contribution in [2.45, 2.75) is 34.2 Å². The molecule has 0 aliphatic rings. The minimum Gasteiger partial charge on any atom is -0.332 e. The van der Waals surface area contributed by atoms with E-state index in [9.17, 15) is 9.59 Å². The molecule has 0 unspecified atom stereocenters. The van der Waals surface area contributed by atoms with Gasteiger partial charge in [-0.15, -0.1) is 0 Å². The van der Waals surface area contributed by atoms with Crippen LogP contribution in [0.3, 0.4) is 0 Å². The number of benzene rings is 1. The first-order valence-electron chi connectivity index (χ1n) is 8.54. The lowest BCUT2D eigenvalue weighted by molar-refractivity contribution is -0.116. The highest BCUT2D eigenvalue weighted by atomic mass is 35.5. The number of anilines is 1. The molecule has 140 valence electrons. The molecule has 1 heterocycles. The zero-order valence-electron chi connectivity index (χ0n) is 15.8. The molecule has 0 saturated carbocycles. The van der Waals surface area contributed by atoms with Crippen molar-refractivity contribution < 1.29 is 9.59 Å². The summed E-state index contributed by atoms with van der Waals surface area (Å²) in [6.07, 6.45) is 0. The minimum atomic E-state index is -0.318. The van der Waals surface area contributed by atoms with Crippen molar-refractivity contribution in [3.05, 3.63) is 46.2 Å². The number of aryl methyl sites for hydroxylation is 2. The van der Waals surface area contributed by atoms with Crippen molar-refractivity contribution in [1.29, 1.82) is 0 Å². The summed E-state index contributed by atoms with van der Waals surface area (Å²) in [5, 5.41) is 7.44. The molecule has 0 bridgehead atoms. The second-order valence-electron chi connectivity index (χ2n) is 6.90. The Hall–Kier alpha value is -2.34. The summed E-state index contributed by atoms with van der Waals surface area (Å²) in [6.45, 7) is 8.38. The van der Waals surface area contributed by atoms with Crippen LogP contribution in [-0.4, -0.2) is 40.1 Å². The molecule has 0 spiro atoms. The fourth-order valence-corrected chi connectivity index (χ4v) is 2.90. The quantitative estimate of drug-likeness (QED) is 0.838. The zero-order valence-corrected chi connectivity index (χ0v) is 16.6. The maximum absolute atomic E-state index is 12.7. The molecule has 1 aromatic carbocycles. The molecule has 1 aromatic heterocycles. The van der Waals surface area contributed by atoms with Crippen molar-refractivity contribution >= 4 is 29.1 Å². The molecule has 0 aliphatic heterocycles. The highest BCUT2D eigenvalue weighted by Crippen LogP contribution is 2.22. The minimum absolute atomic E-state index is 0.0716. The average Bonchev–Trinajstić information content (AvgIpc) is 2.82. The third-order valence-electron chi connectivity index (χ3n) is 3.88. The Balaban J connectivity index is 2.06. The maximum Gasteiger partial charge on any atom is 0.259 e. The second kappa shape index (κ2) is 8.36. The van der Waals surface area contributed by atoms with Gasteiger partial charge in [0.1, 0.15) is 5.15 Å². The molecule has 6 nitrogen and oxygen atoms in total. The third-order valence-corrected chi connectivity index (χ3v) is 4.26. The summed E-state index contributed by atoms with van der Waals surface area (Å²) in [7, 11) is 1.58. The Kier molecular flexibility index (Phi) is 6.42. The summed E-state index contributed by atoms with van der Waals surface area (Å²) in [6, 6.07) is 7.48. The number of hydrogen-bond donors (Lipinski definition) is 1. The van der Waals surface area contributed by atoms with E-state index in [0.717, 1.165) is 5.56 Å². The number of aromatic nitrogens is 2. The molecule has 0 fully saturated rings. The van der Waals surface area contributed by atoms with E-state index in [2.05, 4.69) is 24.3 Å². The van der Waals surface area contributed by atoms with E-state index < -0.39 is 0 Å². The summed E-state index contributed by atoms with van der Waals surface area (Å²) in [4.78, 5) is 26.3. The van der Waals surface area contributed by atoms with E-state index in [1.807, 2.05) is 31.2 Å². The first kappa shape index (κ1) is 20.0. The number of nitrogens with one attached hydrogen (secondary N) is 1. The number of likely N-dealkylation sites (N-methyl/N-ethyl adjacent to an activating group) is 1. The van der Waals surface area contributed by atoms with Crippen LogP contribution in [0.1, 0.15) is 35.5 Å². The first-order chi connectivity index (χ1) is 12.2. The molecule has 2 rings (SSSR count). The lowest BCUT2D eigenvalue weighted by Crippen LogP contribution is -2.35. The molecular weight excluding hydrogens is 352 g/mol. The van der Waals surface area contributed by atoms with Gasteiger partial charge in [0.2, 0.25) is 5.91 Å². The van der Waals surface area contributed by atoms with Gasteiger partial charge in [-0.1, -0.05) is 43.1 Å². The lowest BCUT2D eigenvalue weighted by Gasteiger charge is -2.17. The standard InChI is InChI=1S/C19H25ClN4O2/c1-12(2)10-24-18(20)17(14(4)22-24)19(26)23(5)11-16(25)21-15-8-6-13(3)7-9-15/h6-9,12H,10-11H2,1-5H3,(H,21,25). The summed E-state index contributed by atoms with van der Waals surface area (Å²) >= 11 is 6.35. The largest absolute Gasteiger partial charge is 0.332 e. The lowest BCUT2D eigenvalue weighted by atomic mass is 10.2. The second-order valence-corrected chi connectivity index (χ2v) is 7.26. The number of rotatable bonds is 6. The van der Waals surface area contributed by atoms with Crippen LogP contribution in [0.4, 0.5) is 5.69 Å². The average molecular weight is 377 g/mol. The first-order valence-corrected chi connectivity index (χ1v) is 8.91. The van der Waals surface area contributed by atoms with E-state index >= 15 is 0 Å². The van der Waals surface area contributed by atoms with Crippen LogP contribution in [0.2, 0.25) is 5.15 Å². The van der Waals surface area contributed by atoms with Crippen LogP contribution in [0.5, 0.6) is 0 Å². The van der Waals surface area contributed by atoms with Crippen molar-refractivity contribution in [3.63, 3.8) is 0 Å². The molecule has 26 heavy (non-hydrogen) atoms. The van der Waals surface area contributed by atoms with Crippen LogP contribution in [0.25, 0.3) is 0 Å². The van der Waals surface area contributed by atoms with Crippen molar-refractivity contribution in [3.8, 4) is 0 Å². The van der Waals surface area contributed by atoms with Gasteiger partial charge in [0, 0.05) is 19.3 Å². The predicted octanol–water partition coefficient (Wildman–Crippen LogP) is 3.52. The Morgan fingerprint density at radius 3 is 2.42 bits per heavy atom. The Bertz CT molecular complexity index is 797. The molecule has 2 amide bonds. The van der Waals surface area contributed by atoms with Gasteiger partial charge >= 0.3 is 0 Å². The zero-order chi connectivity index (χ0) is 19.4. The topological polar surface area (TPSA) is 67.2 Å². The van der Waals surface area contributed by atoms with E-state index in [4.69, 9.17) is 11.6 Å². The van der Waals surface area contributed by atoms with Crippen LogP contribution in [0.15, 0.2) is 24.3 Å². The van der Waals surface area contributed by atoms with Crippen LogP contribution in [0, 0.1) is 19.8 Å². The Morgan fingerprint density at radius 1 is 1.23 bits per heavy atom. The molecule has 7 heteroatoms.